The first-order chi connectivity index (χ1) is 10.1. The first kappa shape index (κ1) is 13.1. The Morgan fingerprint density at radius 1 is 1.33 bits per heavy atom. The number of carbonyl (C=O) groups excluding carboxylic acids is 1. The van der Waals surface area contributed by atoms with E-state index in [0.29, 0.717) is 16.9 Å². The van der Waals surface area contributed by atoms with Crippen LogP contribution < -0.4 is 5.73 Å². The van der Waals surface area contributed by atoms with E-state index in [4.69, 9.17) is 5.73 Å². The predicted octanol–water partition coefficient (Wildman–Crippen LogP) is 3.81. The van der Waals surface area contributed by atoms with Crippen molar-refractivity contribution in [3.8, 4) is 0 Å². The van der Waals surface area contributed by atoms with Crippen LogP contribution in [0, 0.1) is 17.3 Å². The van der Waals surface area contributed by atoms with Crippen molar-refractivity contribution in [3.63, 3.8) is 0 Å². The number of allylic oxidation sites excluding steroid dienone is 2. The van der Waals surface area contributed by atoms with Crippen molar-refractivity contribution in [2.45, 2.75) is 44.9 Å². The molecule has 1 saturated carbocycles. The number of carbonyl (C=O) groups is 1. The molecule has 1 amide bonds. The maximum atomic E-state index is 11.4. The number of rotatable bonds is 1. The van der Waals surface area contributed by atoms with Crippen molar-refractivity contribution in [2.24, 2.45) is 23.0 Å². The number of hydrogen-bond acceptors (Lipinski definition) is 1. The van der Waals surface area contributed by atoms with Gasteiger partial charge in [-0.2, -0.15) is 0 Å². The van der Waals surface area contributed by atoms with Crippen molar-refractivity contribution in [2.75, 3.05) is 0 Å². The van der Waals surface area contributed by atoms with Gasteiger partial charge in [0.15, 0.2) is 0 Å². The second-order valence-corrected chi connectivity index (χ2v) is 7.38. The minimum atomic E-state index is -0.309. The van der Waals surface area contributed by atoms with Crippen LogP contribution in [-0.4, -0.2) is 5.91 Å². The zero-order valence-corrected chi connectivity index (χ0v) is 12.6. The topological polar surface area (TPSA) is 43.1 Å². The number of amides is 1. The van der Waals surface area contributed by atoms with E-state index in [1.54, 1.807) is 0 Å². The smallest absolute Gasteiger partial charge is 0.248 e. The Balaban J connectivity index is 1.70. The SMILES string of the molecule is C[C@@]12C=CCC1C1CCc3cc(C(N)=O)ccc3C1CC2. The Morgan fingerprint density at radius 2 is 2.19 bits per heavy atom. The second kappa shape index (κ2) is 4.46. The van der Waals surface area contributed by atoms with Gasteiger partial charge >= 0.3 is 0 Å². The molecule has 1 aromatic rings. The first-order valence-corrected chi connectivity index (χ1v) is 8.19. The second-order valence-electron chi connectivity index (χ2n) is 7.38. The fraction of sp³-hybridized carbons (Fsp3) is 0.526. The van der Waals surface area contributed by atoms with Crippen LogP contribution >= 0.6 is 0 Å². The van der Waals surface area contributed by atoms with Crippen LogP contribution in [0.25, 0.3) is 0 Å². The van der Waals surface area contributed by atoms with Crippen LogP contribution in [0.15, 0.2) is 30.4 Å². The lowest BCUT2D eigenvalue weighted by Gasteiger charge is -2.49. The third kappa shape index (κ3) is 1.88. The van der Waals surface area contributed by atoms with E-state index in [2.05, 4.69) is 25.1 Å². The molecule has 110 valence electrons. The van der Waals surface area contributed by atoms with Crippen LogP contribution in [0.5, 0.6) is 0 Å². The van der Waals surface area contributed by atoms with Gasteiger partial charge in [-0.25, -0.2) is 0 Å². The highest BCUT2D eigenvalue weighted by atomic mass is 16.1. The molecule has 2 N–H and O–H groups in total. The van der Waals surface area contributed by atoms with Crippen LogP contribution in [0.3, 0.4) is 0 Å². The van der Waals surface area contributed by atoms with Gasteiger partial charge in [-0.05, 0) is 78.5 Å². The lowest BCUT2D eigenvalue weighted by atomic mass is 9.56. The van der Waals surface area contributed by atoms with E-state index in [9.17, 15) is 4.79 Å². The predicted molar refractivity (Wildman–Crippen MR) is 84.1 cm³/mol. The fourth-order valence-corrected chi connectivity index (χ4v) is 5.22. The summed E-state index contributed by atoms with van der Waals surface area (Å²) in [5, 5.41) is 0. The molecule has 3 aliphatic rings. The molecule has 2 heteroatoms. The van der Waals surface area contributed by atoms with Crippen molar-refractivity contribution < 1.29 is 4.79 Å². The number of fused-ring (bicyclic) bond motifs is 5. The number of primary amides is 1. The molecule has 0 aromatic heterocycles. The van der Waals surface area contributed by atoms with Crippen LogP contribution in [0.2, 0.25) is 0 Å². The average Bonchev–Trinajstić information content (AvgIpc) is 2.88. The fourth-order valence-electron chi connectivity index (χ4n) is 5.22. The molecule has 4 rings (SSSR count). The Hall–Kier alpha value is -1.57. The molecule has 21 heavy (non-hydrogen) atoms. The maximum Gasteiger partial charge on any atom is 0.248 e. The highest BCUT2D eigenvalue weighted by Gasteiger charge is 2.48. The average molecular weight is 281 g/mol. The molecule has 1 fully saturated rings. The Morgan fingerprint density at radius 3 is 3.00 bits per heavy atom. The van der Waals surface area contributed by atoms with E-state index in [1.807, 2.05) is 12.1 Å². The quantitative estimate of drug-likeness (QED) is 0.782. The maximum absolute atomic E-state index is 11.4. The summed E-state index contributed by atoms with van der Waals surface area (Å²) < 4.78 is 0. The molecule has 1 aromatic carbocycles. The van der Waals surface area contributed by atoms with E-state index < -0.39 is 0 Å². The minimum absolute atomic E-state index is 0.309. The Kier molecular flexibility index (Phi) is 2.79. The lowest BCUT2D eigenvalue weighted by molar-refractivity contribution is 0.0826. The molecule has 3 aliphatic carbocycles. The highest BCUT2D eigenvalue weighted by Crippen LogP contribution is 2.58. The summed E-state index contributed by atoms with van der Waals surface area (Å²) in [4.78, 5) is 11.4. The molecule has 0 aliphatic heterocycles. The summed E-state index contributed by atoms with van der Waals surface area (Å²) in [6.45, 7) is 2.45. The zero-order valence-electron chi connectivity index (χ0n) is 12.6. The summed E-state index contributed by atoms with van der Waals surface area (Å²) in [6.07, 6.45) is 11.1. The Labute approximate surface area is 126 Å². The standard InChI is InChI=1S/C19H23NO/c1-19-9-2-3-17(19)16-7-4-12-11-13(18(20)21)5-6-14(12)15(16)8-10-19/h2,5-6,9,11,15-17H,3-4,7-8,10H2,1H3,(H2,20,21)/t15?,16?,17?,19-/m0/s1. The van der Waals surface area contributed by atoms with Crippen molar-refractivity contribution in [1.82, 2.24) is 0 Å². The minimum Gasteiger partial charge on any atom is -0.366 e. The van der Waals surface area contributed by atoms with Gasteiger partial charge in [-0.3, -0.25) is 4.79 Å². The van der Waals surface area contributed by atoms with Crippen molar-refractivity contribution >= 4 is 5.91 Å². The summed E-state index contributed by atoms with van der Waals surface area (Å²) in [7, 11) is 0. The number of hydrogen-bond donors (Lipinski definition) is 1. The third-order valence-corrected chi connectivity index (χ3v) is 6.34. The molecular weight excluding hydrogens is 258 g/mol. The van der Waals surface area contributed by atoms with E-state index >= 15 is 0 Å². The van der Waals surface area contributed by atoms with Crippen LogP contribution in [0.4, 0.5) is 0 Å². The molecular formula is C19H23NO. The summed E-state index contributed by atoms with van der Waals surface area (Å²) in [6, 6.07) is 6.14. The number of aryl methyl sites for hydroxylation is 1. The molecule has 4 atom stereocenters. The molecule has 0 heterocycles. The molecule has 3 unspecified atom stereocenters. The molecule has 0 radical (unpaired) electrons. The van der Waals surface area contributed by atoms with Gasteiger partial charge in [-0.1, -0.05) is 25.1 Å². The third-order valence-electron chi connectivity index (χ3n) is 6.34. The first-order valence-electron chi connectivity index (χ1n) is 8.19. The van der Waals surface area contributed by atoms with Crippen molar-refractivity contribution in [1.29, 1.82) is 0 Å². The number of nitrogens with two attached hydrogens (primary N) is 1. The van der Waals surface area contributed by atoms with Gasteiger partial charge in [0.25, 0.3) is 0 Å². The summed E-state index contributed by atoms with van der Waals surface area (Å²) in [5.41, 5.74) is 9.37. The van der Waals surface area contributed by atoms with E-state index in [-0.39, 0.29) is 5.91 Å². The molecule has 0 spiro atoms. The molecule has 2 nitrogen and oxygen atoms in total. The summed E-state index contributed by atoms with van der Waals surface area (Å²) >= 11 is 0. The van der Waals surface area contributed by atoms with Gasteiger partial charge in [0.05, 0.1) is 0 Å². The highest BCUT2D eigenvalue weighted by molar-refractivity contribution is 5.93. The van der Waals surface area contributed by atoms with Crippen LogP contribution in [-0.2, 0) is 6.42 Å². The normalized spacial score (nSPS) is 36.7. The lowest BCUT2D eigenvalue weighted by Crippen LogP contribution is -2.39. The molecule has 0 saturated heterocycles. The van der Waals surface area contributed by atoms with E-state index in [0.717, 1.165) is 18.3 Å². The summed E-state index contributed by atoms with van der Waals surface area (Å²) in [5.74, 6) is 2.01. The largest absolute Gasteiger partial charge is 0.366 e. The zero-order chi connectivity index (χ0) is 14.6. The number of benzene rings is 1. The van der Waals surface area contributed by atoms with Gasteiger partial charge in [-0.15, -0.1) is 0 Å². The van der Waals surface area contributed by atoms with Gasteiger partial charge in [0, 0.05) is 5.56 Å². The van der Waals surface area contributed by atoms with E-state index in [1.165, 1.54) is 36.8 Å². The monoisotopic (exact) mass is 281 g/mol. The molecule has 0 bridgehead atoms. The Bertz CT molecular complexity index is 632. The van der Waals surface area contributed by atoms with Crippen molar-refractivity contribution in [3.05, 3.63) is 47.0 Å². The van der Waals surface area contributed by atoms with Crippen LogP contribution in [0.1, 0.15) is 60.0 Å². The van der Waals surface area contributed by atoms with Gasteiger partial charge < -0.3 is 5.73 Å². The van der Waals surface area contributed by atoms with Gasteiger partial charge in [0.2, 0.25) is 5.91 Å². The van der Waals surface area contributed by atoms with Gasteiger partial charge in [0.1, 0.15) is 0 Å².